The second-order valence-electron chi connectivity index (χ2n) is 4.66. The number of fused-ring (bicyclic) bond motifs is 3. The number of thiophene rings is 2. The van der Waals surface area contributed by atoms with Crippen molar-refractivity contribution in [2.75, 3.05) is 5.73 Å². The maximum atomic E-state index is 9.27. The summed E-state index contributed by atoms with van der Waals surface area (Å²) in [5, 5.41) is 19.5. The Labute approximate surface area is 123 Å². The number of H-pyrrole nitrogens is 1. The number of aryl methyl sites for hydroxylation is 1. The smallest absolute Gasteiger partial charge is 0.111 e. The van der Waals surface area contributed by atoms with Crippen molar-refractivity contribution in [1.82, 2.24) is 10.2 Å². The number of nitrogens with one attached hydrogen (secondary N) is 1. The molecule has 98 valence electrons. The summed E-state index contributed by atoms with van der Waals surface area (Å²) < 4.78 is 0. The number of aromatic nitrogens is 2. The third kappa shape index (κ3) is 1.48. The van der Waals surface area contributed by atoms with Crippen LogP contribution < -0.4 is 5.73 Å². The Morgan fingerprint density at radius 2 is 2.30 bits per heavy atom. The van der Waals surface area contributed by atoms with E-state index in [0.29, 0.717) is 10.6 Å². The van der Waals surface area contributed by atoms with Gasteiger partial charge in [0.25, 0.3) is 0 Å². The zero-order valence-corrected chi connectivity index (χ0v) is 12.1. The fourth-order valence-electron chi connectivity index (χ4n) is 2.69. The Morgan fingerprint density at radius 3 is 3.05 bits per heavy atom. The summed E-state index contributed by atoms with van der Waals surface area (Å²) in [4.78, 5) is 2.25. The molecule has 6 heteroatoms. The lowest BCUT2D eigenvalue weighted by Crippen LogP contribution is -2.02. The summed E-state index contributed by atoms with van der Waals surface area (Å²) in [6, 6.07) is 6.33. The zero-order valence-electron chi connectivity index (χ0n) is 10.4. The minimum atomic E-state index is 0.615. The van der Waals surface area contributed by atoms with Crippen LogP contribution in [0.15, 0.2) is 17.5 Å². The highest BCUT2D eigenvalue weighted by Gasteiger charge is 2.28. The molecule has 3 aromatic heterocycles. The van der Waals surface area contributed by atoms with Crippen molar-refractivity contribution in [2.45, 2.75) is 12.8 Å². The summed E-state index contributed by atoms with van der Waals surface area (Å²) in [5.41, 5.74) is 11.0. The number of nitriles is 1. The van der Waals surface area contributed by atoms with Crippen LogP contribution in [-0.4, -0.2) is 10.2 Å². The minimum absolute atomic E-state index is 0.615. The van der Waals surface area contributed by atoms with Crippen LogP contribution in [0.2, 0.25) is 0 Å². The van der Waals surface area contributed by atoms with Gasteiger partial charge in [0.1, 0.15) is 16.8 Å². The van der Waals surface area contributed by atoms with Gasteiger partial charge in [-0.2, -0.15) is 10.4 Å². The predicted octanol–water partition coefficient (Wildman–Crippen LogP) is 3.42. The van der Waals surface area contributed by atoms with E-state index in [4.69, 9.17) is 5.73 Å². The Morgan fingerprint density at radius 1 is 1.40 bits per heavy atom. The van der Waals surface area contributed by atoms with Crippen LogP contribution in [0.1, 0.15) is 16.8 Å². The van der Waals surface area contributed by atoms with Gasteiger partial charge in [0.15, 0.2) is 0 Å². The number of hydrogen-bond donors (Lipinski definition) is 2. The molecule has 0 bridgehead atoms. The van der Waals surface area contributed by atoms with E-state index < -0.39 is 0 Å². The molecule has 0 fully saturated rings. The van der Waals surface area contributed by atoms with Crippen molar-refractivity contribution < 1.29 is 0 Å². The van der Waals surface area contributed by atoms with E-state index in [1.165, 1.54) is 11.3 Å². The van der Waals surface area contributed by atoms with Crippen LogP contribution in [0.5, 0.6) is 0 Å². The molecule has 0 atom stereocenters. The first kappa shape index (κ1) is 11.7. The van der Waals surface area contributed by atoms with Crippen molar-refractivity contribution in [1.29, 1.82) is 5.26 Å². The van der Waals surface area contributed by atoms with Gasteiger partial charge < -0.3 is 5.73 Å². The topological polar surface area (TPSA) is 78.5 Å². The van der Waals surface area contributed by atoms with E-state index in [0.717, 1.165) is 45.1 Å². The van der Waals surface area contributed by atoms with Crippen molar-refractivity contribution in [2.24, 2.45) is 0 Å². The molecule has 3 heterocycles. The highest BCUT2D eigenvalue weighted by molar-refractivity contribution is 7.20. The summed E-state index contributed by atoms with van der Waals surface area (Å²) in [6.07, 6.45) is 1.73. The molecular weight excluding hydrogens is 288 g/mol. The van der Waals surface area contributed by atoms with Crippen LogP contribution in [-0.2, 0) is 12.8 Å². The molecule has 1 aliphatic rings. The summed E-state index contributed by atoms with van der Waals surface area (Å²) in [7, 11) is 0. The Hall–Kier alpha value is -2.10. The van der Waals surface area contributed by atoms with Crippen LogP contribution in [0.25, 0.3) is 21.0 Å². The van der Waals surface area contributed by atoms with Crippen LogP contribution in [0.3, 0.4) is 0 Å². The average Bonchev–Trinajstić information content (AvgIpc) is 3.14. The third-order valence-electron chi connectivity index (χ3n) is 3.59. The fourth-order valence-corrected chi connectivity index (χ4v) is 4.55. The van der Waals surface area contributed by atoms with Crippen molar-refractivity contribution in [3.05, 3.63) is 34.3 Å². The second kappa shape index (κ2) is 4.20. The van der Waals surface area contributed by atoms with Gasteiger partial charge in [-0.05, 0) is 29.9 Å². The first-order valence-electron chi connectivity index (χ1n) is 6.22. The van der Waals surface area contributed by atoms with Gasteiger partial charge in [-0.3, -0.25) is 5.10 Å². The van der Waals surface area contributed by atoms with Gasteiger partial charge in [0.2, 0.25) is 0 Å². The van der Waals surface area contributed by atoms with E-state index in [2.05, 4.69) is 22.3 Å². The zero-order chi connectivity index (χ0) is 13.7. The summed E-state index contributed by atoms with van der Waals surface area (Å²) in [5.74, 6) is 0. The van der Waals surface area contributed by atoms with Crippen molar-refractivity contribution in [3.63, 3.8) is 0 Å². The molecule has 4 rings (SSSR count). The first-order chi connectivity index (χ1) is 9.79. The molecule has 4 nitrogen and oxygen atoms in total. The van der Waals surface area contributed by atoms with E-state index in [9.17, 15) is 5.26 Å². The quantitative estimate of drug-likeness (QED) is 0.722. The SMILES string of the molecule is N#Cc1c(N)sc2c1CCc1[nH]nc(-c3cccs3)c1-2. The molecule has 0 aromatic carbocycles. The fraction of sp³-hybridized carbons (Fsp3) is 0.143. The van der Waals surface area contributed by atoms with Crippen LogP contribution in [0, 0.1) is 11.3 Å². The highest BCUT2D eigenvalue weighted by atomic mass is 32.1. The number of hydrogen-bond acceptors (Lipinski definition) is 5. The van der Waals surface area contributed by atoms with E-state index >= 15 is 0 Å². The van der Waals surface area contributed by atoms with Gasteiger partial charge in [0.05, 0.1) is 10.4 Å². The molecule has 0 saturated heterocycles. The summed E-state index contributed by atoms with van der Waals surface area (Å²) >= 11 is 3.17. The molecule has 0 spiro atoms. The molecule has 0 radical (unpaired) electrons. The van der Waals surface area contributed by atoms with Crippen LogP contribution >= 0.6 is 22.7 Å². The highest BCUT2D eigenvalue weighted by Crippen LogP contribution is 2.47. The van der Waals surface area contributed by atoms with Gasteiger partial charge in [-0.15, -0.1) is 22.7 Å². The number of nitrogens with zero attached hydrogens (tertiary/aromatic N) is 2. The van der Waals surface area contributed by atoms with E-state index in [1.54, 1.807) is 11.3 Å². The van der Waals surface area contributed by atoms with Crippen LogP contribution in [0.4, 0.5) is 5.00 Å². The molecule has 20 heavy (non-hydrogen) atoms. The van der Waals surface area contributed by atoms with E-state index in [1.807, 2.05) is 11.4 Å². The van der Waals surface area contributed by atoms with Gasteiger partial charge in [0, 0.05) is 16.1 Å². The molecule has 0 saturated carbocycles. The average molecular weight is 298 g/mol. The minimum Gasteiger partial charge on any atom is -0.389 e. The Balaban J connectivity index is 2.00. The van der Waals surface area contributed by atoms with Crippen molar-refractivity contribution >= 4 is 27.7 Å². The van der Waals surface area contributed by atoms with Gasteiger partial charge in [-0.1, -0.05) is 6.07 Å². The molecule has 0 amide bonds. The number of rotatable bonds is 1. The lowest BCUT2D eigenvalue weighted by atomic mass is 9.92. The lowest BCUT2D eigenvalue weighted by molar-refractivity contribution is 0.885. The standard InChI is InChI=1S/C14H10N4S2/c15-6-8-7-3-4-9-11(13(7)20-14(8)16)12(18-17-9)10-2-1-5-19-10/h1-2,5H,3-4,16H2,(H,17,18). The third-order valence-corrected chi connectivity index (χ3v) is 5.55. The largest absolute Gasteiger partial charge is 0.389 e. The molecule has 3 N–H and O–H groups in total. The molecule has 0 aliphatic heterocycles. The number of nitrogens with two attached hydrogens (primary N) is 1. The first-order valence-corrected chi connectivity index (χ1v) is 7.92. The molecular formula is C14H10N4S2. The maximum Gasteiger partial charge on any atom is 0.111 e. The number of aromatic amines is 1. The molecule has 1 aliphatic carbocycles. The van der Waals surface area contributed by atoms with Gasteiger partial charge in [-0.25, -0.2) is 0 Å². The molecule has 3 aromatic rings. The predicted molar refractivity (Wildman–Crippen MR) is 81.7 cm³/mol. The normalized spacial score (nSPS) is 12.8. The lowest BCUT2D eigenvalue weighted by Gasteiger charge is -2.12. The second-order valence-corrected chi connectivity index (χ2v) is 6.66. The Kier molecular flexibility index (Phi) is 2.46. The number of nitrogen functional groups attached to an aromatic ring is 1. The van der Waals surface area contributed by atoms with Crippen molar-refractivity contribution in [3.8, 4) is 27.1 Å². The number of anilines is 1. The monoisotopic (exact) mass is 298 g/mol. The summed E-state index contributed by atoms with van der Waals surface area (Å²) in [6.45, 7) is 0. The molecule has 0 unspecified atom stereocenters. The Bertz CT molecular complexity index is 834. The maximum absolute atomic E-state index is 9.27. The van der Waals surface area contributed by atoms with Gasteiger partial charge >= 0.3 is 0 Å². The van der Waals surface area contributed by atoms with E-state index in [-0.39, 0.29) is 0 Å².